The van der Waals surface area contributed by atoms with Crippen LogP contribution in [0.4, 0.5) is 17.1 Å². The minimum absolute atomic E-state index is 0.350. The van der Waals surface area contributed by atoms with Crippen molar-refractivity contribution in [3.8, 4) is 11.1 Å². The zero-order valence-electron chi connectivity index (χ0n) is 30.5. The lowest BCUT2D eigenvalue weighted by atomic mass is 9.77. The Morgan fingerprint density at radius 3 is 2.33 bits per heavy atom. The summed E-state index contributed by atoms with van der Waals surface area (Å²) in [5.41, 5.74) is 15.2. The highest BCUT2D eigenvalue weighted by molar-refractivity contribution is 6.10. The van der Waals surface area contributed by atoms with Crippen LogP contribution in [0.5, 0.6) is 0 Å². The summed E-state index contributed by atoms with van der Waals surface area (Å²) in [7, 11) is 0. The molecule has 0 fully saturated rings. The second-order valence-corrected chi connectivity index (χ2v) is 14.9. The molecule has 4 aliphatic rings. The van der Waals surface area contributed by atoms with Crippen LogP contribution in [-0.4, -0.2) is 4.57 Å². The van der Waals surface area contributed by atoms with Crippen LogP contribution in [0.1, 0.15) is 36.1 Å². The van der Waals surface area contributed by atoms with Gasteiger partial charge < -0.3 is 13.9 Å². The maximum atomic E-state index is 6.54. The Labute approximate surface area is 321 Å². The number of para-hydroxylation sites is 1. The maximum absolute atomic E-state index is 6.54. The number of hydrogen-bond acceptors (Lipinski definition) is 2. The van der Waals surface area contributed by atoms with Gasteiger partial charge in [0.05, 0.1) is 11.2 Å². The number of aromatic nitrogens is 1. The van der Waals surface area contributed by atoms with Gasteiger partial charge in [-0.15, -0.1) is 0 Å². The lowest BCUT2D eigenvalue weighted by Gasteiger charge is -2.28. The number of hydrogen-bond donors (Lipinski definition) is 0. The first kappa shape index (κ1) is 31.7. The minimum Gasteiger partial charge on any atom is -0.445 e. The molecule has 11 rings (SSSR count). The predicted octanol–water partition coefficient (Wildman–Crippen LogP) is 13.7. The van der Waals surface area contributed by atoms with Gasteiger partial charge in [0.2, 0.25) is 0 Å². The smallest absolute Gasteiger partial charge is 0.185 e. The summed E-state index contributed by atoms with van der Waals surface area (Å²) in [6, 6.07) is 41.7. The molecular formula is C52H38N2O. The van der Waals surface area contributed by atoms with Crippen molar-refractivity contribution in [3.63, 3.8) is 0 Å². The average Bonchev–Trinajstić information content (AvgIpc) is 3.81. The second kappa shape index (κ2) is 13.0. The molecule has 5 aromatic carbocycles. The fourth-order valence-corrected chi connectivity index (χ4v) is 9.13. The molecule has 0 aliphatic heterocycles. The molecule has 2 aromatic heterocycles. The highest BCUT2D eigenvalue weighted by Crippen LogP contribution is 2.44. The Morgan fingerprint density at radius 1 is 0.673 bits per heavy atom. The van der Waals surface area contributed by atoms with E-state index >= 15 is 0 Å². The first-order chi connectivity index (χ1) is 27.3. The Balaban J connectivity index is 1.00. The first-order valence-electron chi connectivity index (χ1n) is 19.5. The number of nitrogens with zero attached hydrogens (tertiary/aromatic N) is 2. The monoisotopic (exact) mass is 706 g/mol. The van der Waals surface area contributed by atoms with E-state index in [2.05, 4.69) is 186 Å². The molecule has 0 saturated heterocycles. The predicted molar refractivity (Wildman–Crippen MR) is 229 cm³/mol. The van der Waals surface area contributed by atoms with Crippen LogP contribution in [0.15, 0.2) is 168 Å². The summed E-state index contributed by atoms with van der Waals surface area (Å²) >= 11 is 0. The number of anilines is 3. The lowest BCUT2D eigenvalue weighted by molar-refractivity contribution is 0.669. The fourth-order valence-electron chi connectivity index (χ4n) is 9.13. The van der Waals surface area contributed by atoms with Gasteiger partial charge in [-0.05, 0) is 126 Å². The second-order valence-electron chi connectivity index (χ2n) is 14.9. The van der Waals surface area contributed by atoms with Gasteiger partial charge in [0.1, 0.15) is 0 Å². The molecule has 3 nitrogen and oxygen atoms in total. The summed E-state index contributed by atoms with van der Waals surface area (Å²) in [5.74, 6) is 0.747. The van der Waals surface area contributed by atoms with E-state index in [1.54, 1.807) is 0 Å². The van der Waals surface area contributed by atoms with E-state index in [4.69, 9.17) is 4.42 Å². The van der Waals surface area contributed by atoms with Gasteiger partial charge in [-0.3, -0.25) is 0 Å². The van der Waals surface area contributed by atoms with E-state index < -0.39 is 0 Å². The van der Waals surface area contributed by atoms with Crippen molar-refractivity contribution in [2.75, 3.05) is 4.90 Å². The molecule has 0 amide bonds. The molecule has 4 aliphatic carbocycles. The molecule has 0 spiro atoms. The van der Waals surface area contributed by atoms with E-state index in [1.807, 2.05) is 6.07 Å². The van der Waals surface area contributed by atoms with Crippen molar-refractivity contribution in [3.05, 3.63) is 193 Å². The molecule has 262 valence electrons. The summed E-state index contributed by atoms with van der Waals surface area (Å²) in [6.07, 6.45) is 31.4. The molecule has 2 atom stereocenters. The molecule has 55 heavy (non-hydrogen) atoms. The standard InChI is InChI=1S/C52H38N2O/c1-2-14-39(15-3-1)54-48-21-8-6-17-44(48)47-34-38(28-33-49(47)54)35-24-29-40(30-25-35)53(50-22-11-20-46-45-18-7-9-23-51(45)55-52(46)50)41-31-26-37(27-32-41)43-19-10-13-36-12-4-5-16-42(36)43/h1-2,4-5,7-8,10-14,16,18-22,24-34,36,42H,3,6,15,17H2. The third-order valence-corrected chi connectivity index (χ3v) is 11.8. The van der Waals surface area contributed by atoms with Crippen LogP contribution < -0.4 is 4.90 Å². The van der Waals surface area contributed by atoms with Crippen LogP contribution in [0, 0.1) is 24.0 Å². The van der Waals surface area contributed by atoms with Crippen LogP contribution in [0.3, 0.4) is 0 Å². The third kappa shape index (κ3) is 5.29. The zero-order valence-corrected chi connectivity index (χ0v) is 30.5. The summed E-state index contributed by atoms with van der Waals surface area (Å²) in [4.78, 5) is 2.32. The lowest BCUT2D eigenvalue weighted by Crippen LogP contribution is -2.15. The SMILES string of the molecule is c1ccc2c(c#1)oc1c(N(c3ccc(C4=CC=CC5C=CC=CC45)cc3)c3ccc(-c4ccc5c(c4)c4c(n5C5=CC=CCC5)C=CCC4)cc3)cccc12. The maximum Gasteiger partial charge on any atom is 0.185 e. The molecule has 3 heteroatoms. The molecule has 2 unspecified atom stereocenters. The molecular weight excluding hydrogens is 669 g/mol. The summed E-state index contributed by atoms with van der Waals surface area (Å²) in [5, 5.41) is 3.47. The molecule has 0 N–H and O–H groups in total. The highest BCUT2D eigenvalue weighted by atomic mass is 16.3. The summed E-state index contributed by atoms with van der Waals surface area (Å²) < 4.78 is 9.03. The number of furan rings is 1. The zero-order chi connectivity index (χ0) is 36.3. The van der Waals surface area contributed by atoms with Gasteiger partial charge in [-0.2, -0.15) is 0 Å². The number of allylic oxidation sites excluding steroid dienone is 13. The van der Waals surface area contributed by atoms with Gasteiger partial charge in [-0.1, -0.05) is 109 Å². The van der Waals surface area contributed by atoms with Crippen LogP contribution in [0.2, 0.25) is 0 Å². The van der Waals surface area contributed by atoms with E-state index in [0.29, 0.717) is 11.8 Å². The van der Waals surface area contributed by atoms with Crippen molar-refractivity contribution >= 4 is 67.2 Å². The Morgan fingerprint density at radius 2 is 1.47 bits per heavy atom. The molecule has 0 saturated carbocycles. The topological polar surface area (TPSA) is 21.3 Å². The van der Waals surface area contributed by atoms with Gasteiger partial charge in [0.15, 0.2) is 11.2 Å². The van der Waals surface area contributed by atoms with Crippen molar-refractivity contribution in [1.29, 1.82) is 0 Å². The number of aryl methyl sites for hydroxylation is 1. The van der Waals surface area contributed by atoms with Crippen molar-refractivity contribution in [1.82, 2.24) is 4.57 Å². The molecule has 0 radical (unpaired) electrons. The Kier molecular flexibility index (Phi) is 7.49. The fraction of sp³-hybridized carbons (Fsp3) is 0.115. The number of rotatable bonds is 6. The number of benzene rings is 4. The van der Waals surface area contributed by atoms with E-state index in [0.717, 1.165) is 64.7 Å². The van der Waals surface area contributed by atoms with Crippen molar-refractivity contribution in [2.24, 2.45) is 11.8 Å². The highest BCUT2D eigenvalue weighted by Gasteiger charge is 2.25. The largest absolute Gasteiger partial charge is 0.445 e. The average molecular weight is 707 g/mol. The minimum atomic E-state index is 0.350. The third-order valence-electron chi connectivity index (χ3n) is 11.8. The first-order valence-corrected chi connectivity index (χ1v) is 19.5. The normalized spacial score (nSPS) is 18.3. The summed E-state index contributed by atoms with van der Waals surface area (Å²) in [6.45, 7) is 0. The van der Waals surface area contributed by atoms with Crippen LogP contribution >= 0.6 is 0 Å². The number of fused-ring (bicyclic) bond motifs is 7. The Bertz CT molecular complexity index is 2860. The van der Waals surface area contributed by atoms with E-state index in [-0.39, 0.29) is 0 Å². The van der Waals surface area contributed by atoms with Crippen LogP contribution in [-0.2, 0) is 6.42 Å². The van der Waals surface area contributed by atoms with Gasteiger partial charge >= 0.3 is 0 Å². The molecule has 7 aromatic rings. The van der Waals surface area contributed by atoms with E-state index in [9.17, 15) is 0 Å². The quantitative estimate of drug-likeness (QED) is 0.172. The Hall–Kier alpha value is -6.76. The van der Waals surface area contributed by atoms with Gasteiger partial charge in [0, 0.05) is 50.8 Å². The van der Waals surface area contributed by atoms with Gasteiger partial charge in [-0.25, -0.2) is 0 Å². The van der Waals surface area contributed by atoms with E-state index in [1.165, 1.54) is 50.1 Å². The molecule has 2 heterocycles. The van der Waals surface area contributed by atoms with Crippen LogP contribution in [0.25, 0.3) is 61.3 Å². The molecule has 0 bridgehead atoms. The van der Waals surface area contributed by atoms with Crippen molar-refractivity contribution in [2.45, 2.75) is 25.7 Å². The van der Waals surface area contributed by atoms with Crippen molar-refractivity contribution < 1.29 is 4.42 Å². The van der Waals surface area contributed by atoms with Gasteiger partial charge in [0.25, 0.3) is 0 Å².